The number of allylic oxidation sites excluding steroid dienone is 4. The van der Waals surface area contributed by atoms with Gasteiger partial charge < -0.3 is 24.8 Å². The molecule has 0 spiro atoms. The Morgan fingerprint density at radius 3 is 1.41 bits per heavy atom. The fourth-order valence-corrected chi connectivity index (χ4v) is 16.5. The van der Waals surface area contributed by atoms with Crippen LogP contribution in [0.2, 0.25) is 0 Å². The summed E-state index contributed by atoms with van der Waals surface area (Å²) in [5.41, 5.74) is 13.3. The van der Waals surface area contributed by atoms with Crippen LogP contribution in [0.5, 0.6) is 0 Å². The molecule has 3 heteroatoms. The van der Waals surface area contributed by atoms with Crippen LogP contribution < -0.4 is 24.8 Å². The summed E-state index contributed by atoms with van der Waals surface area (Å²) in [4.78, 5) is 0. The van der Waals surface area contributed by atoms with E-state index in [1.54, 1.807) is 17.6 Å². The topological polar surface area (TPSA) is 0 Å². The van der Waals surface area contributed by atoms with Gasteiger partial charge in [-0.2, -0.15) is 0 Å². The van der Waals surface area contributed by atoms with Crippen molar-refractivity contribution in [3.63, 3.8) is 0 Å². The Morgan fingerprint density at radius 1 is 0.614 bits per heavy atom. The Bertz CT molecular complexity index is 1640. The van der Waals surface area contributed by atoms with Crippen LogP contribution in [-0.2, 0) is 32.1 Å². The van der Waals surface area contributed by atoms with Crippen LogP contribution in [0, 0.1) is 5.92 Å². The quantitative estimate of drug-likeness (QED) is 0.290. The SMILES string of the molecule is CC1=CC(C)[C]([Zr+2](=[C](c2ccccc2)c2ccccc2)[CH]2c3cc(C(C)(C)C)ccc3-c3ccc(C(C)(C)C)cc32)=C1.[Cl-].[Cl-]. The van der Waals surface area contributed by atoms with Crippen LogP contribution >= 0.6 is 0 Å². The molecule has 44 heavy (non-hydrogen) atoms. The van der Waals surface area contributed by atoms with E-state index in [-0.39, 0.29) is 35.6 Å². The van der Waals surface area contributed by atoms with Crippen LogP contribution in [-0.4, -0.2) is 3.21 Å². The van der Waals surface area contributed by atoms with Crippen LogP contribution in [0.1, 0.15) is 92.4 Å². The van der Waals surface area contributed by atoms with Gasteiger partial charge in [0, 0.05) is 0 Å². The largest absolute Gasteiger partial charge is 1.00 e. The molecule has 0 fully saturated rings. The first-order chi connectivity index (χ1) is 19.9. The second-order valence-corrected chi connectivity index (χ2v) is 20.5. The van der Waals surface area contributed by atoms with Gasteiger partial charge in [0.2, 0.25) is 0 Å². The van der Waals surface area contributed by atoms with E-state index in [2.05, 4.69) is 165 Å². The van der Waals surface area contributed by atoms with E-state index >= 15 is 0 Å². The predicted octanol–water partition coefficient (Wildman–Crippen LogP) is 4.73. The van der Waals surface area contributed by atoms with Crippen molar-refractivity contribution in [3.8, 4) is 11.1 Å². The molecule has 0 saturated carbocycles. The van der Waals surface area contributed by atoms with Gasteiger partial charge in [-0.15, -0.1) is 0 Å². The molecule has 6 rings (SSSR count). The average Bonchev–Trinajstić information content (AvgIpc) is 3.46. The van der Waals surface area contributed by atoms with E-state index in [4.69, 9.17) is 0 Å². The van der Waals surface area contributed by atoms with Gasteiger partial charge in [0.25, 0.3) is 0 Å². The molecule has 2 aliphatic rings. The van der Waals surface area contributed by atoms with Gasteiger partial charge in [0.15, 0.2) is 0 Å². The first-order valence-electron chi connectivity index (χ1n) is 15.5. The van der Waals surface area contributed by atoms with Crippen molar-refractivity contribution in [3.05, 3.63) is 151 Å². The Kier molecular flexibility index (Phi) is 10.4. The van der Waals surface area contributed by atoms with E-state index in [1.165, 1.54) is 39.0 Å². The van der Waals surface area contributed by atoms with E-state index in [0.29, 0.717) is 9.54 Å². The van der Waals surface area contributed by atoms with Gasteiger partial charge in [-0.1, -0.05) is 0 Å². The molecule has 0 bridgehead atoms. The van der Waals surface area contributed by atoms with Crippen molar-refractivity contribution in [1.29, 1.82) is 0 Å². The Balaban J connectivity index is 0.00000221. The van der Waals surface area contributed by atoms with Crippen LogP contribution in [0.3, 0.4) is 0 Å². The summed E-state index contributed by atoms with van der Waals surface area (Å²) in [6, 6.07) is 37.5. The average molecular weight is 699 g/mol. The van der Waals surface area contributed by atoms with Gasteiger partial charge in [-0.3, -0.25) is 0 Å². The van der Waals surface area contributed by atoms with E-state index in [0.717, 1.165) is 0 Å². The fourth-order valence-electron chi connectivity index (χ4n) is 6.88. The molecule has 4 aromatic rings. The molecular formula is C41H44Cl2Zr. The predicted molar refractivity (Wildman–Crippen MR) is 178 cm³/mol. The Hall–Kier alpha value is -2.31. The first kappa shape index (κ1) is 34.6. The van der Waals surface area contributed by atoms with Gasteiger partial charge >= 0.3 is 263 Å². The molecule has 0 aromatic heterocycles. The Labute approximate surface area is 285 Å². The normalized spacial score (nSPS) is 15.6. The maximum atomic E-state index is 2.59. The summed E-state index contributed by atoms with van der Waals surface area (Å²) in [6.45, 7) is 18.8. The monoisotopic (exact) mass is 696 g/mol. The first-order valence-corrected chi connectivity index (χ1v) is 19.4. The van der Waals surface area contributed by atoms with Crippen molar-refractivity contribution in [1.82, 2.24) is 0 Å². The van der Waals surface area contributed by atoms with E-state index in [9.17, 15) is 0 Å². The summed E-state index contributed by atoms with van der Waals surface area (Å²) in [5.74, 6) is 0.464. The molecule has 1 unspecified atom stereocenters. The maximum Gasteiger partial charge on any atom is -1.00 e. The van der Waals surface area contributed by atoms with Crippen molar-refractivity contribution < 1.29 is 46.1 Å². The van der Waals surface area contributed by atoms with Crippen LogP contribution in [0.4, 0.5) is 0 Å². The Morgan fingerprint density at radius 2 is 1.05 bits per heavy atom. The van der Waals surface area contributed by atoms with Crippen molar-refractivity contribution >= 4 is 3.21 Å². The van der Waals surface area contributed by atoms with Gasteiger partial charge in [-0.25, -0.2) is 0 Å². The summed E-state index contributed by atoms with van der Waals surface area (Å²) < 4.78 is 3.74. The molecule has 0 saturated heterocycles. The smallest absolute Gasteiger partial charge is 1.00 e. The number of fused-ring (bicyclic) bond motifs is 3. The molecule has 0 amide bonds. The molecule has 0 aliphatic heterocycles. The maximum absolute atomic E-state index is 2.77. The van der Waals surface area contributed by atoms with Gasteiger partial charge in [-0.05, 0) is 0 Å². The van der Waals surface area contributed by atoms with E-state index < -0.39 is 21.3 Å². The third-order valence-electron chi connectivity index (χ3n) is 9.13. The molecule has 4 aromatic carbocycles. The molecule has 0 nitrogen and oxygen atoms in total. The third-order valence-corrected chi connectivity index (χ3v) is 17.8. The second-order valence-electron chi connectivity index (χ2n) is 14.4. The number of rotatable bonds is 4. The molecule has 0 radical (unpaired) electrons. The number of halogens is 2. The molecule has 0 heterocycles. The minimum absolute atomic E-state index is 0. The number of hydrogen-bond donors (Lipinski definition) is 0. The zero-order chi connectivity index (χ0) is 29.8. The van der Waals surface area contributed by atoms with Crippen molar-refractivity contribution in [2.45, 2.75) is 69.8 Å². The van der Waals surface area contributed by atoms with E-state index in [1.807, 2.05) is 0 Å². The number of hydrogen-bond acceptors (Lipinski definition) is 0. The molecule has 2 aliphatic carbocycles. The summed E-state index contributed by atoms with van der Waals surface area (Å²) in [6.07, 6.45) is 5.07. The number of benzene rings is 4. The van der Waals surface area contributed by atoms with Crippen molar-refractivity contribution in [2.75, 3.05) is 0 Å². The zero-order valence-corrected chi connectivity index (χ0v) is 31.3. The molecule has 226 valence electrons. The molecule has 0 N–H and O–H groups in total. The van der Waals surface area contributed by atoms with Crippen molar-refractivity contribution in [2.24, 2.45) is 5.92 Å². The molecule has 1 atom stereocenters. The van der Waals surface area contributed by atoms with Gasteiger partial charge in [0.1, 0.15) is 0 Å². The fraction of sp³-hybridized carbons (Fsp3) is 0.293. The zero-order valence-electron chi connectivity index (χ0n) is 27.3. The molecular weight excluding hydrogens is 655 g/mol. The van der Waals surface area contributed by atoms with Crippen LogP contribution in [0.25, 0.3) is 11.1 Å². The third kappa shape index (κ3) is 6.49. The minimum Gasteiger partial charge on any atom is -1.00 e. The summed E-state index contributed by atoms with van der Waals surface area (Å²) in [5, 5.41) is 0. The second kappa shape index (κ2) is 13.2. The van der Waals surface area contributed by atoms with Gasteiger partial charge in [0.05, 0.1) is 0 Å². The minimum atomic E-state index is -2.77. The summed E-state index contributed by atoms with van der Waals surface area (Å²) in [7, 11) is 0. The van der Waals surface area contributed by atoms with Crippen LogP contribution in [0.15, 0.2) is 118 Å². The summed E-state index contributed by atoms with van der Waals surface area (Å²) >= 11 is -2.77. The standard InChI is InChI=1S/C21H25.C13H10.C7H9.2ClH.Zr/c1-20(2,3)16-7-9-18-14(12-16)11-15-13-17(21(4,5)6)8-10-19(15)18;1-3-7-12(8-4-1)11-13-9-5-2-6-10-13;1-6-3-4-7(2)5-6;;;/h7-13H,1-6H3;1-10H;3,5,7H,1-2H3;2*1H;/q;;;;;+2/p-2.